The van der Waals surface area contributed by atoms with Gasteiger partial charge in [-0.25, -0.2) is 4.85 Å². The molecule has 0 amide bonds. The number of fused-ring (bicyclic) bond motifs is 1. The molecule has 0 aliphatic rings. The zero-order valence-electron chi connectivity index (χ0n) is 69.2. The van der Waals surface area contributed by atoms with E-state index in [0.717, 1.165) is 68.7 Å². The van der Waals surface area contributed by atoms with E-state index >= 15 is 0 Å². The van der Waals surface area contributed by atoms with Gasteiger partial charge in [-0.15, -0.1) is 0 Å². The van der Waals surface area contributed by atoms with Crippen molar-refractivity contribution in [2.24, 2.45) is 35.2 Å². The van der Waals surface area contributed by atoms with Crippen molar-refractivity contribution in [1.82, 2.24) is 0 Å². The van der Waals surface area contributed by atoms with Crippen LogP contribution in [-0.4, -0.2) is 0 Å². The van der Waals surface area contributed by atoms with Crippen molar-refractivity contribution in [2.75, 3.05) is 0 Å². The summed E-state index contributed by atoms with van der Waals surface area (Å²) in [6, 6.07) is 56.8. The lowest BCUT2D eigenvalue weighted by Crippen LogP contribution is -2.36. The van der Waals surface area contributed by atoms with Crippen LogP contribution >= 0.6 is 0 Å². The van der Waals surface area contributed by atoms with E-state index < -0.39 is 0 Å². The van der Waals surface area contributed by atoms with Crippen molar-refractivity contribution in [3.8, 4) is 85.7 Å². The molecular formula is C97H105N11O5+10. The molecule has 0 saturated carbocycles. The molecule has 0 saturated heterocycles. The molecule has 0 aliphatic carbocycles. The Bertz CT molecular complexity index is 6210. The number of aromatic nitrogens is 10. The summed E-state index contributed by atoms with van der Waals surface area (Å²) < 4.78 is 49.6. The van der Waals surface area contributed by atoms with Gasteiger partial charge in [-0.05, 0) is 113 Å². The van der Waals surface area contributed by atoms with Gasteiger partial charge in [0.05, 0.1) is 28.8 Å². The molecule has 0 fully saturated rings. The van der Waals surface area contributed by atoms with Crippen LogP contribution in [0.15, 0.2) is 279 Å². The number of pyridine rings is 5. The average molecular weight is 1500 g/mol. The lowest BCUT2D eigenvalue weighted by Gasteiger charge is -2.20. The first kappa shape index (κ1) is 79.4. The first-order chi connectivity index (χ1) is 54.1. The zero-order valence-corrected chi connectivity index (χ0v) is 69.2. The fraction of sp³-hybridized carbons (Fsp3) is 0.227. The third-order valence-corrected chi connectivity index (χ3v) is 21.1. The van der Waals surface area contributed by atoms with Gasteiger partial charge in [-0.3, -0.25) is 0 Å². The minimum atomic E-state index is 0.0611. The van der Waals surface area contributed by atoms with Crippen LogP contribution in [0, 0.1) is 96.6 Å². The van der Waals surface area contributed by atoms with E-state index in [0.29, 0.717) is 5.69 Å². The van der Waals surface area contributed by atoms with Gasteiger partial charge in [0, 0.05) is 153 Å². The van der Waals surface area contributed by atoms with Crippen molar-refractivity contribution in [3.63, 3.8) is 0 Å². The largest absolute Gasteiger partial charge is 0.406 e. The topological polar surface area (TPSA) is 109 Å². The summed E-state index contributed by atoms with van der Waals surface area (Å²) in [6.45, 7) is 41.8. The monoisotopic (exact) mass is 1500 g/mol. The highest BCUT2D eigenvalue weighted by molar-refractivity contribution is 5.97. The number of nitrogens with zero attached hydrogens (tertiary/aromatic N) is 11. The summed E-state index contributed by atoms with van der Waals surface area (Å²) in [5.74, 6) is 4.28. The molecule has 16 aromatic rings. The highest BCUT2D eigenvalue weighted by Gasteiger charge is 2.32. The molecule has 0 unspecified atom stereocenters. The standard InChI is InChI=1S/C21H20N2O.C21H26N2O.C19H22N2O.C18H17N3O.C18H20N2O/c1-15-8-6-7-11-23(15)19-14-17-9-4-5-10-18(17)20(16(19)2)21-22(3)12-13-24-21;1-15-9-7-8-10-23(15)19-14-17(21(3,4)5)13-18(16(19)2)20-22(6)11-12-24-20;1-13-12-14(2)18(21-9-7-6-8-15(21)3)16(4)17(13)19-20(5)10-11-22-19;1-13-7-5-6-8-21(13)17-12-15(19-3)11-16(14(17)2)18-20(4)9-10-22-18;1-13-11-16(18-19(4)9-10-21-18)15(3)17(12-13)20-8-6-5-7-14(20)2/h4-14H,1-3H3;7-14H,1-6H3;6-12H,1-5H3;5-12H,1-2,4H3;5-12H,1-4H3/q5*+2. The van der Waals surface area contributed by atoms with Gasteiger partial charge in [-0.1, -0.05) is 75.4 Å². The lowest BCUT2D eigenvalue weighted by atomic mass is 9.84. The second-order valence-corrected chi connectivity index (χ2v) is 30.3. The molecule has 0 aliphatic heterocycles. The van der Waals surface area contributed by atoms with Crippen LogP contribution in [0.3, 0.4) is 0 Å². The van der Waals surface area contributed by atoms with Gasteiger partial charge in [0.1, 0.15) is 40.8 Å². The first-order valence-electron chi connectivity index (χ1n) is 38.1. The van der Waals surface area contributed by atoms with Crippen LogP contribution in [0.4, 0.5) is 5.69 Å². The van der Waals surface area contributed by atoms with Crippen molar-refractivity contribution >= 4 is 16.5 Å². The highest BCUT2D eigenvalue weighted by Crippen LogP contribution is 2.37. The molecule has 0 N–H and O–H groups in total. The smallest absolute Gasteiger partial charge is 0.381 e. The Morgan fingerprint density at radius 1 is 0.310 bits per heavy atom. The predicted molar refractivity (Wildman–Crippen MR) is 438 cm³/mol. The molecule has 0 radical (unpaired) electrons. The minimum absolute atomic E-state index is 0.0611. The molecule has 16 rings (SSSR count). The number of oxazole rings is 5. The Balaban J connectivity index is 0.000000131. The van der Waals surface area contributed by atoms with Crippen LogP contribution in [0.1, 0.15) is 99.3 Å². The van der Waals surface area contributed by atoms with Crippen molar-refractivity contribution < 1.29 is 67.8 Å². The maximum Gasteiger partial charge on any atom is 0.381 e. The van der Waals surface area contributed by atoms with Gasteiger partial charge in [-0.2, -0.15) is 45.7 Å². The Morgan fingerprint density at radius 3 is 1.06 bits per heavy atom. The van der Waals surface area contributed by atoms with Gasteiger partial charge in [0.25, 0.3) is 0 Å². The molecule has 10 aromatic heterocycles. The van der Waals surface area contributed by atoms with Crippen LogP contribution < -0.4 is 45.7 Å². The number of benzene rings is 6. The minimum Gasteiger partial charge on any atom is -0.406 e. The molecule has 10 heterocycles. The summed E-state index contributed by atoms with van der Waals surface area (Å²) in [5, 5.41) is 2.42. The molecular weight excluding hydrogens is 1400 g/mol. The van der Waals surface area contributed by atoms with Gasteiger partial charge >= 0.3 is 29.5 Å². The fourth-order valence-corrected chi connectivity index (χ4v) is 14.9. The molecule has 113 heavy (non-hydrogen) atoms. The maximum absolute atomic E-state index is 7.38. The maximum atomic E-state index is 7.38. The Hall–Kier alpha value is -13.1. The van der Waals surface area contributed by atoms with Gasteiger partial charge in [0.15, 0.2) is 96.5 Å². The molecule has 0 spiro atoms. The third kappa shape index (κ3) is 16.8. The van der Waals surface area contributed by atoms with Crippen molar-refractivity contribution in [1.29, 1.82) is 0 Å². The van der Waals surface area contributed by atoms with E-state index in [9.17, 15) is 0 Å². The molecule has 568 valence electrons. The van der Waals surface area contributed by atoms with E-state index in [4.69, 9.17) is 28.7 Å². The van der Waals surface area contributed by atoms with Crippen LogP contribution in [0.2, 0.25) is 0 Å². The van der Waals surface area contributed by atoms with E-state index in [-0.39, 0.29) is 5.41 Å². The molecule has 16 heteroatoms. The number of hydrogen-bond donors (Lipinski definition) is 0. The second-order valence-electron chi connectivity index (χ2n) is 30.3. The Kier molecular flexibility index (Phi) is 23.9. The first-order valence-corrected chi connectivity index (χ1v) is 38.1. The summed E-state index contributed by atoms with van der Waals surface area (Å²) in [7, 11) is 9.98. The van der Waals surface area contributed by atoms with Crippen LogP contribution in [0.25, 0.3) is 101 Å². The van der Waals surface area contributed by atoms with Crippen molar-refractivity contribution in [2.45, 2.75) is 116 Å². The highest BCUT2D eigenvalue weighted by atomic mass is 16.4. The average Bonchev–Trinajstić information content (AvgIpc) is 0.969. The second kappa shape index (κ2) is 34.0. The summed E-state index contributed by atoms with van der Waals surface area (Å²) in [6.07, 6.45) is 28.6. The normalized spacial score (nSPS) is 11.0. The summed E-state index contributed by atoms with van der Waals surface area (Å²) >= 11 is 0. The van der Waals surface area contributed by atoms with E-state index in [2.05, 4.69) is 303 Å². The van der Waals surface area contributed by atoms with E-state index in [1.807, 2.05) is 120 Å². The molecule has 0 atom stereocenters. The van der Waals surface area contributed by atoms with Gasteiger partial charge < -0.3 is 22.1 Å². The SMILES string of the molecule is Cc1c(-[n+]2ccccc2C)cc2ccccc2c1-c1occ[n+]1C.Cc1c(-c2occ[n+]2C)cc(C(C)(C)C)cc1-[n+]1ccccc1C.Cc1cc(-c2occ[n+]2C)c(C)c(-[n+]2ccccc2C)c1.Cc1cc(C)c(-[n+]2ccccc2C)c(C)c1-c1occ[n+]1C.[C-]#[N+]c1cc(-c2occ[n+]2C)c(C)c(-[n+]2ccccc2C)c1. The predicted octanol–water partition coefficient (Wildman–Crippen LogP) is 17.2. The number of aryl methyl sites for hydroxylation is 13. The van der Waals surface area contributed by atoms with E-state index in [1.165, 1.54) is 106 Å². The molecule has 0 bridgehead atoms. The quantitative estimate of drug-likeness (QED) is 0.100. The summed E-state index contributed by atoms with van der Waals surface area (Å²) in [4.78, 5) is 3.61. The van der Waals surface area contributed by atoms with Crippen molar-refractivity contribution in [3.05, 3.63) is 347 Å². The molecule has 16 nitrogen and oxygen atoms in total. The summed E-state index contributed by atoms with van der Waals surface area (Å²) in [5.41, 5.74) is 28.9. The van der Waals surface area contributed by atoms with Gasteiger partial charge in [0.2, 0.25) is 59.4 Å². The van der Waals surface area contributed by atoms with Crippen LogP contribution in [-0.2, 0) is 40.7 Å². The fourth-order valence-electron chi connectivity index (χ4n) is 14.9. The zero-order chi connectivity index (χ0) is 80.7. The third-order valence-electron chi connectivity index (χ3n) is 21.1. The van der Waals surface area contributed by atoms with Crippen LogP contribution in [0.5, 0.6) is 0 Å². The number of hydrogen-bond acceptors (Lipinski definition) is 5. The Morgan fingerprint density at radius 2 is 0.664 bits per heavy atom. The van der Waals surface area contributed by atoms with E-state index in [1.54, 1.807) is 31.3 Å². The molecule has 6 aromatic carbocycles. The number of rotatable bonds is 10. The lowest BCUT2D eigenvalue weighted by molar-refractivity contribution is -0.662. The Labute approximate surface area is 664 Å².